The smallest absolute Gasteiger partial charge is 0.307 e. The van der Waals surface area contributed by atoms with E-state index in [0.29, 0.717) is 30.6 Å². The summed E-state index contributed by atoms with van der Waals surface area (Å²) in [4.78, 5) is 35.1. The Morgan fingerprint density at radius 3 is 2.30 bits per heavy atom. The zero-order valence-electron chi connectivity index (χ0n) is 13.2. The summed E-state index contributed by atoms with van der Waals surface area (Å²) < 4.78 is 0. The molecule has 0 aromatic heterocycles. The Hall–Kier alpha value is -2.37. The van der Waals surface area contributed by atoms with Gasteiger partial charge in [0.1, 0.15) is 0 Å². The number of anilines is 2. The van der Waals surface area contributed by atoms with Crippen LogP contribution in [0.1, 0.15) is 39.0 Å². The third-order valence-corrected chi connectivity index (χ3v) is 4.15. The minimum absolute atomic E-state index is 0.105. The third kappa shape index (κ3) is 4.55. The van der Waals surface area contributed by atoms with Crippen LogP contribution in [0.3, 0.4) is 0 Å². The summed E-state index contributed by atoms with van der Waals surface area (Å²) in [6, 6.07) is 6.86. The van der Waals surface area contributed by atoms with Gasteiger partial charge < -0.3 is 15.7 Å². The molecular weight excluding hydrogens is 296 g/mol. The largest absolute Gasteiger partial charge is 0.481 e. The number of amides is 2. The summed E-state index contributed by atoms with van der Waals surface area (Å²) in [7, 11) is 0. The van der Waals surface area contributed by atoms with Gasteiger partial charge in [0.15, 0.2) is 0 Å². The van der Waals surface area contributed by atoms with Crippen molar-refractivity contribution in [3.63, 3.8) is 0 Å². The summed E-state index contributed by atoms with van der Waals surface area (Å²) in [5.41, 5.74) is 1.16. The second-order valence-electron chi connectivity index (χ2n) is 5.81. The Bertz CT molecular complexity index is 600. The number of hydrogen-bond acceptors (Lipinski definition) is 3. The van der Waals surface area contributed by atoms with Crippen LogP contribution >= 0.6 is 0 Å². The molecule has 23 heavy (non-hydrogen) atoms. The Labute approximate surface area is 135 Å². The van der Waals surface area contributed by atoms with E-state index in [1.807, 2.05) is 0 Å². The highest BCUT2D eigenvalue weighted by molar-refractivity contribution is 5.96. The first-order valence-corrected chi connectivity index (χ1v) is 7.95. The van der Waals surface area contributed by atoms with Gasteiger partial charge in [-0.15, -0.1) is 0 Å². The van der Waals surface area contributed by atoms with Crippen molar-refractivity contribution < 1.29 is 19.5 Å². The fraction of sp³-hybridized carbons (Fsp3) is 0.471. The molecule has 1 fully saturated rings. The Balaban J connectivity index is 2.05. The minimum Gasteiger partial charge on any atom is -0.481 e. The van der Waals surface area contributed by atoms with Gasteiger partial charge in [0.05, 0.1) is 11.8 Å². The van der Waals surface area contributed by atoms with Crippen molar-refractivity contribution in [1.29, 1.82) is 0 Å². The van der Waals surface area contributed by atoms with Gasteiger partial charge >= 0.3 is 5.97 Å². The molecule has 0 aliphatic heterocycles. The molecule has 0 bridgehead atoms. The Kier molecular flexibility index (Phi) is 5.73. The molecule has 2 rings (SSSR count). The molecule has 124 valence electrons. The molecule has 0 unspecified atom stereocenters. The van der Waals surface area contributed by atoms with E-state index in [1.165, 1.54) is 0 Å². The van der Waals surface area contributed by atoms with Gasteiger partial charge in [0.2, 0.25) is 11.8 Å². The zero-order chi connectivity index (χ0) is 16.8. The molecule has 1 aromatic rings. The van der Waals surface area contributed by atoms with E-state index in [4.69, 9.17) is 0 Å². The maximum atomic E-state index is 12.4. The molecule has 2 atom stereocenters. The van der Waals surface area contributed by atoms with E-state index in [-0.39, 0.29) is 11.8 Å². The molecule has 1 aliphatic rings. The van der Waals surface area contributed by atoms with Gasteiger partial charge in [0, 0.05) is 17.8 Å². The first kappa shape index (κ1) is 17.0. The number of aliphatic carboxylic acids is 1. The average molecular weight is 318 g/mol. The first-order chi connectivity index (χ1) is 11.0. The maximum Gasteiger partial charge on any atom is 0.307 e. The number of carboxylic acid groups (broad SMARTS) is 1. The van der Waals surface area contributed by atoms with E-state index < -0.39 is 17.8 Å². The monoisotopic (exact) mass is 318 g/mol. The summed E-state index contributed by atoms with van der Waals surface area (Å²) in [6.45, 7) is 1.76. The van der Waals surface area contributed by atoms with Crippen molar-refractivity contribution in [2.24, 2.45) is 11.8 Å². The van der Waals surface area contributed by atoms with E-state index >= 15 is 0 Å². The van der Waals surface area contributed by atoms with Crippen molar-refractivity contribution in [2.75, 3.05) is 10.6 Å². The lowest BCUT2D eigenvalue weighted by Gasteiger charge is -2.27. The van der Waals surface area contributed by atoms with E-state index in [0.717, 1.165) is 12.8 Å². The molecule has 2 amide bonds. The number of carbonyl (C=O) groups excluding carboxylic acids is 2. The Morgan fingerprint density at radius 1 is 1.09 bits per heavy atom. The van der Waals surface area contributed by atoms with Crippen LogP contribution in [-0.4, -0.2) is 22.9 Å². The van der Waals surface area contributed by atoms with Crippen molar-refractivity contribution >= 4 is 29.2 Å². The van der Waals surface area contributed by atoms with E-state index in [9.17, 15) is 19.5 Å². The molecule has 0 heterocycles. The van der Waals surface area contributed by atoms with Crippen LogP contribution in [0.25, 0.3) is 0 Å². The van der Waals surface area contributed by atoms with Gasteiger partial charge in [-0.05, 0) is 31.0 Å². The number of carbonyl (C=O) groups is 3. The lowest BCUT2D eigenvalue weighted by molar-refractivity contribution is -0.147. The van der Waals surface area contributed by atoms with Crippen LogP contribution in [0, 0.1) is 11.8 Å². The second kappa shape index (κ2) is 7.76. The van der Waals surface area contributed by atoms with Crippen LogP contribution in [-0.2, 0) is 14.4 Å². The van der Waals surface area contributed by atoms with Crippen molar-refractivity contribution in [2.45, 2.75) is 39.0 Å². The SMILES string of the molecule is CCC(=O)Nc1cccc(NC(=O)[C@H]2CCCC[C@H]2C(=O)O)c1. The van der Waals surface area contributed by atoms with Crippen molar-refractivity contribution in [3.05, 3.63) is 24.3 Å². The lowest BCUT2D eigenvalue weighted by atomic mass is 9.78. The summed E-state index contributed by atoms with van der Waals surface area (Å²) in [5.74, 6) is -2.40. The molecule has 6 nitrogen and oxygen atoms in total. The molecule has 0 saturated heterocycles. The topological polar surface area (TPSA) is 95.5 Å². The minimum atomic E-state index is -0.909. The fourth-order valence-electron chi connectivity index (χ4n) is 2.90. The average Bonchev–Trinajstić information content (AvgIpc) is 2.55. The molecule has 3 N–H and O–H groups in total. The van der Waals surface area contributed by atoms with Crippen LogP contribution in [0.4, 0.5) is 11.4 Å². The summed E-state index contributed by atoms with van der Waals surface area (Å²) in [5, 5.41) is 14.8. The number of carboxylic acids is 1. The standard InChI is InChI=1S/C17H22N2O4/c1-2-15(20)18-11-6-5-7-12(10-11)19-16(21)13-8-3-4-9-14(13)17(22)23/h5-7,10,13-14H,2-4,8-9H2,1H3,(H,18,20)(H,19,21)(H,22,23)/t13-,14+/m0/s1. The molecule has 1 aromatic carbocycles. The van der Waals surface area contributed by atoms with Crippen LogP contribution < -0.4 is 10.6 Å². The van der Waals surface area contributed by atoms with Gasteiger partial charge in [-0.3, -0.25) is 14.4 Å². The third-order valence-electron chi connectivity index (χ3n) is 4.15. The lowest BCUT2D eigenvalue weighted by Crippen LogP contribution is -2.36. The molecule has 0 radical (unpaired) electrons. The van der Waals surface area contributed by atoms with Crippen LogP contribution in [0.15, 0.2) is 24.3 Å². The number of benzene rings is 1. The second-order valence-corrected chi connectivity index (χ2v) is 5.81. The Morgan fingerprint density at radius 2 is 1.70 bits per heavy atom. The zero-order valence-corrected chi connectivity index (χ0v) is 13.2. The molecule has 6 heteroatoms. The highest BCUT2D eigenvalue weighted by atomic mass is 16.4. The predicted molar refractivity (Wildman–Crippen MR) is 87.1 cm³/mol. The first-order valence-electron chi connectivity index (χ1n) is 7.95. The van der Waals surface area contributed by atoms with Crippen LogP contribution in [0.2, 0.25) is 0 Å². The molecule has 1 aliphatic carbocycles. The highest BCUT2D eigenvalue weighted by Crippen LogP contribution is 2.31. The van der Waals surface area contributed by atoms with Crippen molar-refractivity contribution in [3.8, 4) is 0 Å². The molecule has 0 spiro atoms. The predicted octanol–water partition coefficient (Wildman–Crippen LogP) is 2.86. The molecule has 1 saturated carbocycles. The van der Waals surface area contributed by atoms with E-state index in [1.54, 1.807) is 31.2 Å². The fourth-order valence-corrected chi connectivity index (χ4v) is 2.90. The number of nitrogens with one attached hydrogen (secondary N) is 2. The normalized spacial score (nSPS) is 20.6. The maximum absolute atomic E-state index is 12.4. The van der Waals surface area contributed by atoms with Gasteiger partial charge in [-0.2, -0.15) is 0 Å². The van der Waals surface area contributed by atoms with Crippen LogP contribution in [0.5, 0.6) is 0 Å². The number of rotatable bonds is 5. The highest BCUT2D eigenvalue weighted by Gasteiger charge is 2.35. The quantitative estimate of drug-likeness (QED) is 0.778. The van der Waals surface area contributed by atoms with E-state index in [2.05, 4.69) is 10.6 Å². The van der Waals surface area contributed by atoms with Crippen molar-refractivity contribution in [1.82, 2.24) is 0 Å². The van der Waals surface area contributed by atoms with Gasteiger partial charge in [-0.1, -0.05) is 25.8 Å². The summed E-state index contributed by atoms with van der Waals surface area (Å²) in [6.07, 6.45) is 3.22. The van der Waals surface area contributed by atoms with Gasteiger partial charge in [-0.25, -0.2) is 0 Å². The molecular formula is C17H22N2O4. The van der Waals surface area contributed by atoms with Gasteiger partial charge in [0.25, 0.3) is 0 Å². The summed E-state index contributed by atoms with van der Waals surface area (Å²) >= 11 is 0. The number of hydrogen-bond donors (Lipinski definition) is 3.